The molecule has 4 amide bonds. The minimum absolute atomic E-state index is 0.197. The van der Waals surface area contributed by atoms with E-state index in [9.17, 15) is 14.4 Å². The van der Waals surface area contributed by atoms with Gasteiger partial charge < -0.3 is 20.1 Å². The maximum Gasteiger partial charge on any atom is 0.325 e. The molecule has 1 aromatic heterocycles. The summed E-state index contributed by atoms with van der Waals surface area (Å²) in [5.74, 6) is 1.15. The van der Waals surface area contributed by atoms with E-state index in [1.807, 2.05) is 0 Å². The van der Waals surface area contributed by atoms with Crippen LogP contribution in [0.15, 0.2) is 42.6 Å². The molecule has 1 aliphatic carbocycles. The molecule has 33 heavy (non-hydrogen) atoms. The lowest BCUT2D eigenvalue weighted by Gasteiger charge is -2.34. The van der Waals surface area contributed by atoms with E-state index in [0.29, 0.717) is 35.9 Å². The third-order valence-electron chi connectivity index (χ3n) is 6.40. The quantitative estimate of drug-likeness (QED) is 0.620. The van der Waals surface area contributed by atoms with Crippen LogP contribution in [0.25, 0.3) is 0 Å². The SMILES string of the molecule is CCC1CCC2(CC1)NC(=O)N(CC(=O)Nc1cccnc1Oc1ccc(OC)cc1)C2=O. The summed E-state index contributed by atoms with van der Waals surface area (Å²) in [5.41, 5.74) is -0.538. The molecule has 2 aromatic rings. The molecule has 1 saturated heterocycles. The van der Waals surface area contributed by atoms with Crippen LogP contribution in [0.5, 0.6) is 17.4 Å². The number of nitrogens with one attached hydrogen (secondary N) is 2. The fourth-order valence-electron chi connectivity index (χ4n) is 4.39. The van der Waals surface area contributed by atoms with E-state index in [1.165, 1.54) is 0 Å². The molecule has 2 heterocycles. The lowest BCUT2D eigenvalue weighted by molar-refractivity contribution is -0.135. The van der Waals surface area contributed by atoms with Crippen LogP contribution in [0, 0.1) is 5.92 Å². The maximum atomic E-state index is 13.1. The highest BCUT2D eigenvalue weighted by molar-refractivity contribution is 6.10. The van der Waals surface area contributed by atoms with E-state index >= 15 is 0 Å². The maximum absolute atomic E-state index is 13.1. The van der Waals surface area contributed by atoms with Crippen molar-refractivity contribution >= 4 is 23.5 Å². The van der Waals surface area contributed by atoms with E-state index in [0.717, 1.165) is 24.2 Å². The summed E-state index contributed by atoms with van der Waals surface area (Å²) in [4.78, 5) is 43.5. The summed E-state index contributed by atoms with van der Waals surface area (Å²) in [7, 11) is 1.58. The van der Waals surface area contributed by atoms with Crippen LogP contribution in [0.4, 0.5) is 10.5 Å². The van der Waals surface area contributed by atoms with Crippen molar-refractivity contribution in [2.24, 2.45) is 5.92 Å². The Balaban J connectivity index is 1.41. The molecule has 2 fully saturated rings. The van der Waals surface area contributed by atoms with Crippen molar-refractivity contribution in [2.75, 3.05) is 19.0 Å². The standard InChI is InChI=1S/C24H28N4O5/c1-3-16-10-12-24(13-11-16)22(30)28(23(31)27-24)15-20(29)26-19-5-4-14-25-21(19)33-18-8-6-17(32-2)7-9-18/h4-9,14,16H,3,10-13,15H2,1-2H3,(H,26,29)(H,27,31). The molecule has 174 valence electrons. The van der Waals surface area contributed by atoms with Crippen LogP contribution in [-0.4, -0.2) is 46.9 Å². The number of hydrogen-bond acceptors (Lipinski definition) is 6. The molecule has 0 bridgehead atoms. The van der Waals surface area contributed by atoms with E-state index in [-0.39, 0.29) is 18.3 Å². The number of nitrogens with zero attached hydrogens (tertiary/aromatic N) is 2. The first-order chi connectivity index (χ1) is 15.9. The largest absolute Gasteiger partial charge is 0.497 e. The molecule has 2 aliphatic rings. The van der Waals surface area contributed by atoms with Gasteiger partial charge in [-0.2, -0.15) is 0 Å². The monoisotopic (exact) mass is 452 g/mol. The molecule has 1 spiro atoms. The van der Waals surface area contributed by atoms with Gasteiger partial charge in [0.25, 0.3) is 5.91 Å². The van der Waals surface area contributed by atoms with E-state index in [2.05, 4.69) is 22.5 Å². The number of methoxy groups -OCH3 is 1. The normalized spacial score (nSPS) is 22.2. The molecular weight excluding hydrogens is 424 g/mol. The highest BCUT2D eigenvalue weighted by atomic mass is 16.5. The van der Waals surface area contributed by atoms with Gasteiger partial charge in [-0.15, -0.1) is 0 Å². The first-order valence-electron chi connectivity index (χ1n) is 11.1. The highest BCUT2D eigenvalue weighted by Gasteiger charge is 2.52. The summed E-state index contributed by atoms with van der Waals surface area (Å²) in [6.07, 6.45) is 5.61. The summed E-state index contributed by atoms with van der Waals surface area (Å²) >= 11 is 0. The number of rotatable bonds is 7. The fourth-order valence-corrected chi connectivity index (χ4v) is 4.39. The number of benzene rings is 1. The number of ether oxygens (including phenoxy) is 2. The molecule has 2 N–H and O–H groups in total. The Morgan fingerprint density at radius 1 is 1.18 bits per heavy atom. The van der Waals surface area contributed by atoms with Gasteiger partial charge in [-0.05, 0) is 68.0 Å². The van der Waals surface area contributed by atoms with Crippen molar-refractivity contribution in [3.8, 4) is 17.4 Å². The highest BCUT2D eigenvalue weighted by Crippen LogP contribution is 2.37. The van der Waals surface area contributed by atoms with Crippen molar-refractivity contribution in [2.45, 2.75) is 44.6 Å². The zero-order valence-electron chi connectivity index (χ0n) is 18.8. The Bertz CT molecular complexity index is 1030. The number of pyridine rings is 1. The molecule has 0 unspecified atom stereocenters. The second-order valence-electron chi connectivity index (χ2n) is 8.44. The minimum Gasteiger partial charge on any atom is -0.497 e. The van der Waals surface area contributed by atoms with Gasteiger partial charge in [0.05, 0.1) is 7.11 Å². The van der Waals surface area contributed by atoms with Crippen LogP contribution in [-0.2, 0) is 9.59 Å². The van der Waals surface area contributed by atoms with Crippen molar-refractivity contribution < 1.29 is 23.9 Å². The van der Waals surface area contributed by atoms with Gasteiger partial charge in [0, 0.05) is 6.20 Å². The molecule has 0 radical (unpaired) electrons. The smallest absolute Gasteiger partial charge is 0.325 e. The summed E-state index contributed by atoms with van der Waals surface area (Å²) in [6, 6.07) is 9.72. The molecular formula is C24H28N4O5. The van der Waals surface area contributed by atoms with Crippen LogP contribution >= 0.6 is 0 Å². The van der Waals surface area contributed by atoms with Crippen molar-refractivity contribution in [1.29, 1.82) is 0 Å². The Morgan fingerprint density at radius 2 is 1.88 bits per heavy atom. The minimum atomic E-state index is -0.875. The van der Waals surface area contributed by atoms with Crippen LogP contribution in [0.3, 0.4) is 0 Å². The van der Waals surface area contributed by atoms with Gasteiger partial charge in [-0.1, -0.05) is 13.3 Å². The Labute approximate surface area is 192 Å². The number of aromatic nitrogens is 1. The fraction of sp³-hybridized carbons (Fsp3) is 0.417. The molecule has 1 saturated carbocycles. The zero-order chi connectivity index (χ0) is 23.4. The first kappa shape index (κ1) is 22.6. The number of imide groups is 1. The number of carbonyl (C=O) groups is 3. The number of hydrogen-bond donors (Lipinski definition) is 2. The molecule has 1 aliphatic heterocycles. The van der Waals surface area contributed by atoms with Gasteiger partial charge in [0.2, 0.25) is 11.8 Å². The summed E-state index contributed by atoms with van der Waals surface area (Å²) in [6.45, 7) is 1.76. The van der Waals surface area contributed by atoms with Gasteiger partial charge in [0.15, 0.2) is 0 Å². The van der Waals surface area contributed by atoms with Crippen molar-refractivity contribution in [3.05, 3.63) is 42.6 Å². The second-order valence-corrected chi connectivity index (χ2v) is 8.44. The average Bonchev–Trinajstić information content (AvgIpc) is 3.05. The van der Waals surface area contributed by atoms with Crippen LogP contribution in [0.2, 0.25) is 0 Å². The predicted octanol–water partition coefficient (Wildman–Crippen LogP) is 3.71. The summed E-state index contributed by atoms with van der Waals surface area (Å²) in [5, 5.41) is 5.55. The zero-order valence-corrected chi connectivity index (χ0v) is 18.8. The van der Waals surface area contributed by atoms with E-state index < -0.39 is 17.5 Å². The number of anilines is 1. The van der Waals surface area contributed by atoms with Gasteiger partial charge in [0.1, 0.15) is 29.3 Å². The number of amides is 4. The molecule has 9 nitrogen and oxygen atoms in total. The summed E-state index contributed by atoms with van der Waals surface area (Å²) < 4.78 is 10.9. The predicted molar refractivity (Wildman–Crippen MR) is 121 cm³/mol. The van der Waals surface area contributed by atoms with Crippen LogP contribution < -0.4 is 20.1 Å². The Kier molecular flexibility index (Phi) is 6.48. The van der Waals surface area contributed by atoms with E-state index in [4.69, 9.17) is 9.47 Å². The van der Waals surface area contributed by atoms with E-state index in [1.54, 1.807) is 49.7 Å². The topological polar surface area (TPSA) is 110 Å². The number of urea groups is 1. The third-order valence-corrected chi connectivity index (χ3v) is 6.40. The van der Waals surface area contributed by atoms with Gasteiger partial charge >= 0.3 is 6.03 Å². The molecule has 9 heteroatoms. The van der Waals surface area contributed by atoms with Crippen LogP contribution in [0.1, 0.15) is 39.0 Å². The molecule has 1 aromatic carbocycles. The van der Waals surface area contributed by atoms with Gasteiger partial charge in [-0.25, -0.2) is 9.78 Å². The third kappa shape index (κ3) is 4.76. The molecule has 0 atom stereocenters. The lowest BCUT2D eigenvalue weighted by atomic mass is 9.75. The first-order valence-corrected chi connectivity index (χ1v) is 11.1. The molecule has 4 rings (SSSR count). The Morgan fingerprint density at radius 3 is 2.55 bits per heavy atom. The lowest BCUT2D eigenvalue weighted by Crippen LogP contribution is -2.49. The van der Waals surface area contributed by atoms with Gasteiger partial charge in [-0.3, -0.25) is 14.5 Å². The average molecular weight is 453 g/mol. The second kappa shape index (κ2) is 9.48. The van der Waals surface area contributed by atoms with Crippen molar-refractivity contribution in [1.82, 2.24) is 15.2 Å². The Hall–Kier alpha value is -3.62. The number of carbonyl (C=O) groups excluding carboxylic acids is 3. The van der Waals surface area contributed by atoms with Crippen molar-refractivity contribution in [3.63, 3.8) is 0 Å².